The van der Waals surface area contributed by atoms with Crippen LogP contribution in [0.4, 0.5) is 10.1 Å². The van der Waals surface area contributed by atoms with Crippen LogP contribution in [0.15, 0.2) is 48.5 Å². The Morgan fingerprint density at radius 3 is 2.66 bits per heavy atom. The number of anilines is 1. The number of carbonyl (C=O) groups is 2. The molecular weight excluding hydrogens is 375 g/mol. The van der Waals surface area contributed by atoms with Crippen molar-refractivity contribution in [1.82, 2.24) is 4.90 Å². The molecule has 1 saturated heterocycles. The first kappa shape index (κ1) is 19.2. The van der Waals surface area contributed by atoms with Gasteiger partial charge in [0.15, 0.2) is 17.6 Å². The van der Waals surface area contributed by atoms with Gasteiger partial charge < -0.3 is 19.3 Å². The molecule has 0 unspecified atom stereocenters. The molecule has 1 fully saturated rings. The van der Waals surface area contributed by atoms with Gasteiger partial charge in [-0.05, 0) is 31.2 Å². The smallest absolute Gasteiger partial charge is 0.228 e. The lowest BCUT2D eigenvalue weighted by Crippen LogP contribution is -2.46. The first-order chi connectivity index (χ1) is 14.1. The van der Waals surface area contributed by atoms with Gasteiger partial charge in [-0.1, -0.05) is 24.3 Å². The number of carbonyl (C=O) groups excluding carboxylic acids is 2. The average Bonchev–Trinajstić information content (AvgIpc) is 3.13. The molecule has 0 aromatic heterocycles. The number of benzene rings is 2. The number of para-hydroxylation sites is 3. The summed E-state index contributed by atoms with van der Waals surface area (Å²) < 4.78 is 25.8. The van der Waals surface area contributed by atoms with Crippen molar-refractivity contribution in [2.75, 3.05) is 31.1 Å². The Hall–Kier alpha value is -3.09. The summed E-state index contributed by atoms with van der Waals surface area (Å²) in [6.07, 6.45) is -0.206. The number of nitrogens with zero attached hydrogens (tertiary/aromatic N) is 2. The van der Waals surface area contributed by atoms with Crippen LogP contribution in [-0.4, -0.2) is 49.1 Å². The summed E-state index contributed by atoms with van der Waals surface area (Å²) in [5.41, 5.74) is 0.219. The highest BCUT2D eigenvalue weighted by molar-refractivity contribution is 6.00. The zero-order chi connectivity index (χ0) is 20.4. The second-order valence-electron chi connectivity index (χ2n) is 7.23. The first-order valence-corrected chi connectivity index (χ1v) is 9.79. The topological polar surface area (TPSA) is 59.1 Å². The van der Waals surface area contributed by atoms with E-state index < -0.39 is 11.7 Å². The molecule has 0 N–H and O–H groups in total. The van der Waals surface area contributed by atoms with Crippen molar-refractivity contribution in [1.29, 1.82) is 0 Å². The van der Waals surface area contributed by atoms with E-state index >= 15 is 0 Å². The molecular formula is C22H23FN2O4. The van der Waals surface area contributed by atoms with E-state index in [-0.39, 0.29) is 36.6 Å². The van der Waals surface area contributed by atoms with Crippen LogP contribution in [0, 0.1) is 11.7 Å². The van der Waals surface area contributed by atoms with E-state index in [9.17, 15) is 14.0 Å². The highest BCUT2D eigenvalue weighted by atomic mass is 19.1. The van der Waals surface area contributed by atoms with E-state index in [4.69, 9.17) is 9.47 Å². The predicted octanol–water partition coefficient (Wildman–Crippen LogP) is 2.87. The van der Waals surface area contributed by atoms with Gasteiger partial charge in [0, 0.05) is 19.5 Å². The van der Waals surface area contributed by atoms with Gasteiger partial charge in [0.1, 0.15) is 12.4 Å². The molecule has 2 atom stereocenters. The van der Waals surface area contributed by atoms with E-state index in [1.807, 2.05) is 31.2 Å². The second-order valence-corrected chi connectivity index (χ2v) is 7.23. The van der Waals surface area contributed by atoms with Gasteiger partial charge in [0.2, 0.25) is 11.8 Å². The van der Waals surface area contributed by atoms with Crippen LogP contribution in [0.3, 0.4) is 0 Å². The minimum absolute atomic E-state index is 0.0779. The number of hydrogen-bond acceptors (Lipinski definition) is 4. The van der Waals surface area contributed by atoms with Crippen molar-refractivity contribution in [2.45, 2.75) is 19.4 Å². The van der Waals surface area contributed by atoms with Gasteiger partial charge in [0.05, 0.1) is 18.2 Å². The second kappa shape index (κ2) is 8.11. The van der Waals surface area contributed by atoms with Gasteiger partial charge in [0.25, 0.3) is 0 Å². The molecule has 2 aliphatic heterocycles. The van der Waals surface area contributed by atoms with Gasteiger partial charge in [-0.15, -0.1) is 0 Å². The molecule has 0 spiro atoms. The maximum Gasteiger partial charge on any atom is 0.228 e. The predicted molar refractivity (Wildman–Crippen MR) is 105 cm³/mol. The molecule has 2 aromatic carbocycles. The van der Waals surface area contributed by atoms with Gasteiger partial charge >= 0.3 is 0 Å². The summed E-state index contributed by atoms with van der Waals surface area (Å²) in [5, 5.41) is 0. The largest absolute Gasteiger partial charge is 0.486 e. The molecule has 2 aromatic rings. The van der Waals surface area contributed by atoms with Gasteiger partial charge in [-0.3, -0.25) is 9.59 Å². The van der Waals surface area contributed by atoms with Crippen molar-refractivity contribution in [3.05, 3.63) is 54.3 Å². The lowest BCUT2D eigenvalue weighted by Gasteiger charge is -2.32. The number of likely N-dealkylation sites (N-methyl/N-ethyl adjacent to an activating group) is 1. The fourth-order valence-electron chi connectivity index (χ4n) is 3.81. The minimum atomic E-state index is -0.501. The van der Waals surface area contributed by atoms with Crippen LogP contribution in [0.1, 0.15) is 13.3 Å². The van der Waals surface area contributed by atoms with E-state index in [1.165, 1.54) is 11.0 Å². The van der Waals surface area contributed by atoms with Crippen molar-refractivity contribution in [3.63, 3.8) is 0 Å². The summed E-state index contributed by atoms with van der Waals surface area (Å²) in [7, 11) is 0. The third-order valence-corrected chi connectivity index (χ3v) is 5.30. The number of amides is 2. The van der Waals surface area contributed by atoms with Crippen LogP contribution in [0.25, 0.3) is 0 Å². The van der Waals surface area contributed by atoms with Gasteiger partial charge in [-0.2, -0.15) is 0 Å². The molecule has 0 radical (unpaired) electrons. The van der Waals surface area contributed by atoms with E-state index in [0.717, 1.165) is 0 Å². The molecule has 6 nitrogen and oxygen atoms in total. The molecule has 2 aliphatic rings. The zero-order valence-corrected chi connectivity index (χ0v) is 16.2. The quantitative estimate of drug-likeness (QED) is 0.777. The third-order valence-electron chi connectivity index (χ3n) is 5.30. The normalized spacial score (nSPS) is 20.6. The first-order valence-electron chi connectivity index (χ1n) is 9.79. The highest BCUT2D eigenvalue weighted by Gasteiger charge is 2.38. The molecule has 2 heterocycles. The highest BCUT2D eigenvalue weighted by Crippen LogP contribution is 2.32. The van der Waals surface area contributed by atoms with Crippen molar-refractivity contribution >= 4 is 17.5 Å². The van der Waals surface area contributed by atoms with Crippen molar-refractivity contribution < 1.29 is 23.5 Å². The Kier molecular flexibility index (Phi) is 5.38. The molecule has 0 saturated carbocycles. The van der Waals surface area contributed by atoms with E-state index in [1.54, 1.807) is 23.1 Å². The third kappa shape index (κ3) is 3.90. The molecule has 4 rings (SSSR count). The Bertz CT molecular complexity index is 919. The lowest BCUT2D eigenvalue weighted by molar-refractivity contribution is -0.137. The Morgan fingerprint density at radius 1 is 1.17 bits per heavy atom. The van der Waals surface area contributed by atoms with Gasteiger partial charge in [-0.25, -0.2) is 4.39 Å². The maximum atomic E-state index is 14.1. The monoisotopic (exact) mass is 398 g/mol. The number of fused-ring (bicyclic) bond motifs is 1. The maximum absolute atomic E-state index is 14.1. The van der Waals surface area contributed by atoms with Crippen LogP contribution < -0.4 is 14.4 Å². The van der Waals surface area contributed by atoms with E-state index in [2.05, 4.69) is 0 Å². The lowest BCUT2D eigenvalue weighted by atomic mass is 10.1. The molecule has 7 heteroatoms. The number of ether oxygens (including phenoxy) is 2. The molecule has 0 aliphatic carbocycles. The average molecular weight is 398 g/mol. The molecule has 2 amide bonds. The summed E-state index contributed by atoms with van der Waals surface area (Å²) in [5.74, 6) is 0.0264. The van der Waals surface area contributed by atoms with Crippen molar-refractivity contribution in [2.24, 2.45) is 5.92 Å². The summed E-state index contributed by atoms with van der Waals surface area (Å²) >= 11 is 0. The number of halogens is 1. The summed E-state index contributed by atoms with van der Waals surface area (Å²) in [6.45, 7) is 3.28. The minimum Gasteiger partial charge on any atom is -0.486 e. The molecule has 152 valence electrons. The van der Waals surface area contributed by atoms with Crippen LogP contribution >= 0.6 is 0 Å². The Balaban J connectivity index is 1.42. The van der Waals surface area contributed by atoms with E-state index in [0.29, 0.717) is 31.2 Å². The fraction of sp³-hybridized carbons (Fsp3) is 0.364. The van der Waals surface area contributed by atoms with Crippen LogP contribution in [0.2, 0.25) is 0 Å². The zero-order valence-electron chi connectivity index (χ0n) is 16.2. The standard InChI is InChI=1S/C22H23FN2O4/c1-2-24(13-16-14-28-19-9-5-6-10-20(19)29-16)22(27)15-11-21(26)25(12-15)18-8-4-3-7-17(18)23/h3-10,15-16H,2,11-14H2,1H3/t15-,16+/m0/s1. The molecule has 29 heavy (non-hydrogen) atoms. The van der Waals surface area contributed by atoms with Crippen LogP contribution in [-0.2, 0) is 9.59 Å². The summed E-state index contributed by atoms with van der Waals surface area (Å²) in [4.78, 5) is 28.5. The Morgan fingerprint density at radius 2 is 1.90 bits per heavy atom. The number of hydrogen-bond donors (Lipinski definition) is 0. The molecule has 0 bridgehead atoms. The van der Waals surface area contributed by atoms with Crippen molar-refractivity contribution in [3.8, 4) is 11.5 Å². The Labute approximate surface area is 168 Å². The number of rotatable bonds is 5. The summed E-state index contributed by atoms with van der Waals surface area (Å²) in [6, 6.07) is 13.5. The SMILES string of the molecule is CCN(C[C@@H]1COc2ccccc2O1)C(=O)[C@H]1CC(=O)N(c2ccccc2F)C1. The fourth-order valence-corrected chi connectivity index (χ4v) is 3.81. The van der Waals surface area contributed by atoms with Crippen LogP contribution in [0.5, 0.6) is 11.5 Å².